The summed E-state index contributed by atoms with van der Waals surface area (Å²) in [6.07, 6.45) is 3.62. The van der Waals surface area contributed by atoms with Gasteiger partial charge in [0, 0.05) is 19.5 Å². The maximum Gasteiger partial charge on any atom is 0.319 e. The Hall–Kier alpha value is -2.57. The Morgan fingerprint density at radius 2 is 2.00 bits per heavy atom. The molecule has 138 valence electrons. The zero-order chi connectivity index (χ0) is 18.5. The molecule has 0 aliphatic carbocycles. The van der Waals surface area contributed by atoms with Crippen molar-refractivity contribution in [3.05, 3.63) is 47.7 Å². The third-order valence-corrected chi connectivity index (χ3v) is 4.39. The van der Waals surface area contributed by atoms with Crippen molar-refractivity contribution in [3.8, 4) is 6.01 Å². The summed E-state index contributed by atoms with van der Waals surface area (Å²) >= 11 is 0. The highest BCUT2D eigenvalue weighted by molar-refractivity contribution is 5.85. The number of nitrogens with zero attached hydrogens (tertiary/aromatic N) is 4. The Bertz CT molecular complexity index is 780. The second-order valence-electron chi connectivity index (χ2n) is 6.20. The summed E-state index contributed by atoms with van der Waals surface area (Å²) < 4.78 is 32.8. The van der Waals surface area contributed by atoms with Gasteiger partial charge in [0.2, 0.25) is 0 Å². The minimum Gasteiger partial charge on any atom is -0.456 e. The molecule has 2 heterocycles. The van der Waals surface area contributed by atoms with Gasteiger partial charge in [-0.15, -0.1) is 0 Å². The highest BCUT2D eigenvalue weighted by Crippen LogP contribution is 2.24. The van der Waals surface area contributed by atoms with Gasteiger partial charge in [-0.2, -0.15) is 4.98 Å². The van der Waals surface area contributed by atoms with Gasteiger partial charge < -0.3 is 9.64 Å². The highest BCUT2D eigenvalue weighted by atomic mass is 19.1. The number of aromatic nitrogens is 2. The molecule has 7 heteroatoms. The molecule has 1 atom stereocenters. The van der Waals surface area contributed by atoms with Crippen LogP contribution in [0.15, 0.2) is 35.5 Å². The fourth-order valence-corrected chi connectivity index (χ4v) is 2.90. The average Bonchev–Trinajstić information content (AvgIpc) is 2.65. The smallest absolute Gasteiger partial charge is 0.319 e. The number of likely N-dealkylation sites (tertiary alicyclic amines) is 1. The third-order valence-electron chi connectivity index (χ3n) is 4.39. The molecule has 0 amide bonds. The largest absolute Gasteiger partial charge is 0.456 e. The summed E-state index contributed by atoms with van der Waals surface area (Å²) in [5.41, 5.74) is 0.775. The van der Waals surface area contributed by atoms with E-state index in [-0.39, 0.29) is 17.6 Å². The van der Waals surface area contributed by atoms with Crippen LogP contribution in [0.3, 0.4) is 0 Å². The Kier molecular flexibility index (Phi) is 5.75. The molecule has 1 aliphatic rings. The molecule has 2 aromatic rings. The van der Waals surface area contributed by atoms with Crippen LogP contribution in [0.5, 0.6) is 6.01 Å². The lowest BCUT2D eigenvalue weighted by atomic mass is 10.1. The number of rotatable bonds is 5. The quantitative estimate of drug-likeness (QED) is 0.791. The molecule has 3 rings (SSSR count). The molecule has 5 nitrogen and oxygen atoms in total. The lowest BCUT2D eigenvalue weighted by Crippen LogP contribution is -2.35. The number of hydrogen-bond donors (Lipinski definition) is 0. The van der Waals surface area contributed by atoms with E-state index in [4.69, 9.17) is 4.74 Å². The molecule has 0 N–H and O–H groups in total. The van der Waals surface area contributed by atoms with Crippen molar-refractivity contribution in [2.24, 2.45) is 4.99 Å². The second-order valence-corrected chi connectivity index (χ2v) is 6.20. The molecular formula is C19H22F2N4O. The molecule has 0 saturated carbocycles. The predicted molar refractivity (Wildman–Crippen MR) is 95.6 cm³/mol. The van der Waals surface area contributed by atoms with E-state index < -0.39 is 11.9 Å². The van der Waals surface area contributed by atoms with Crippen LogP contribution in [0, 0.1) is 11.6 Å². The van der Waals surface area contributed by atoms with Crippen LogP contribution < -0.4 is 4.74 Å². The lowest BCUT2D eigenvalue weighted by Gasteiger charge is -2.28. The third kappa shape index (κ3) is 4.33. The van der Waals surface area contributed by atoms with Gasteiger partial charge in [0.05, 0.1) is 6.20 Å². The first-order chi connectivity index (χ1) is 12.6. The second kappa shape index (κ2) is 8.21. The van der Waals surface area contributed by atoms with Crippen molar-refractivity contribution in [2.45, 2.75) is 39.2 Å². The van der Waals surface area contributed by atoms with Crippen LogP contribution in [-0.2, 0) is 0 Å². The summed E-state index contributed by atoms with van der Waals surface area (Å²) in [5, 5.41) is 0. The number of piperidine rings is 1. The zero-order valence-corrected chi connectivity index (χ0v) is 15.0. The molecule has 0 radical (unpaired) electrons. The molecule has 1 aliphatic heterocycles. The first-order valence-corrected chi connectivity index (χ1v) is 8.84. The van der Waals surface area contributed by atoms with Gasteiger partial charge in [-0.1, -0.05) is 12.1 Å². The number of aliphatic imine (C=N–C) groups is 1. The van der Waals surface area contributed by atoms with E-state index in [9.17, 15) is 8.78 Å². The van der Waals surface area contributed by atoms with Crippen molar-refractivity contribution in [1.82, 2.24) is 14.9 Å². The summed E-state index contributed by atoms with van der Waals surface area (Å²) in [6, 6.07) is 6.03. The Morgan fingerprint density at radius 3 is 2.73 bits per heavy atom. The van der Waals surface area contributed by atoms with Gasteiger partial charge in [0.1, 0.15) is 17.8 Å². The van der Waals surface area contributed by atoms with E-state index in [1.807, 2.05) is 0 Å². The van der Waals surface area contributed by atoms with E-state index >= 15 is 0 Å². The minimum atomic E-state index is -0.582. The number of halogens is 2. The molecule has 1 fully saturated rings. The first-order valence-electron chi connectivity index (χ1n) is 8.84. The SMILES string of the molecule is CCN1CCCCC1=Nc1nc(OC(C)c2ccc(F)cc2)ncc1F. The standard InChI is InChI=1S/C19H22F2N4O/c1-3-25-11-5-4-6-17(25)23-18-16(21)12-22-19(24-18)26-13(2)14-7-9-15(20)10-8-14/h7-10,12-13H,3-6,11H2,1-2H3. The number of ether oxygens (including phenoxy) is 1. The van der Waals surface area contributed by atoms with Crippen molar-refractivity contribution in [3.63, 3.8) is 0 Å². The molecule has 1 saturated heterocycles. The van der Waals surface area contributed by atoms with E-state index in [0.29, 0.717) is 0 Å². The van der Waals surface area contributed by atoms with Crippen molar-refractivity contribution in [2.75, 3.05) is 13.1 Å². The fraction of sp³-hybridized carbons (Fsp3) is 0.421. The maximum absolute atomic E-state index is 14.1. The predicted octanol–water partition coefficient (Wildman–Crippen LogP) is 4.43. The van der Waals surface area contributed by atoms with Gasteiger partial charge in [0.25, 0.3) is 0 Å². The van der Waals surface area contributed by atoms with E-state index in [0.717, 1.165) is 49.9 Å². The summed E-state index contributed by atoms with van der Waals surface area (Å²) in [7, 11) is 0. The molecule has 0 bridgehead atoms. The van der Waals surface area contributed by atoms with Gasteiger partial charge in [0.15, 0.2) is 11.6 Å². The molecule has 26 heavy (non-hydrogen) atoms. The minimum absolute atomic E-state index is 0.0170. The van der Waals surface area contributed by atoms with Gasteiger partial charge >= 0.3 is 6.01 Å². The van der Waals surface area contributed by atoms with Crippen LogP contribution in [-0.4, -0.2) is 33.8 Å². The number of amidine groups is 1. The summed E-state index contributed by atoms with van der Waals surface area (Å²) in [6.45, 7) is 5.60. The molecule has 1 unspecified atom stereocenters. The highest BCUT2D eigenvalue weighted by Gasteiger charge is 2.17. The lowest BCUT2D eigenvalue weighted by molar-refractivity contribution is 0.206. The van der Waals surface area contributed by atoms with Crippen molar-refractivity contribution < 1.29 is 13.5 Å². The Morgan fingerprint density at radius 1 is 1.23 bits per heavy atom. The fourth-order valence-electron chi connectivity index (χ4n) is 2.90. The summed E-state index contributed by atoms with van der Waals surface area (Å²) in [5.74, 6) is -0.0727. The van der Waals surface area contributed by atoms with E-state index in [2.05, 4.69) is 26.8 Å². The topological polar surface area (TPSA) is 50.6 Å². The zero-order valence-electron chi connectivity index (χ0n) is 15.0. The Labute approximate surface area is 151 Å². The van der Waals surface area contributed by atoms with Gasteiger partial charge in [-0.3, -0.25) is 0 Å². The average molecular weight is 360 g/mol. The molecular weight excluding hydrogens is 338 g/mol. The van der Waals surface area contributed by atoms with Crippen LogP contribution in [0.1, 0.15) is 44.8 Å². The number of benzene rings is 1. The number of hydrogen-bond acceptors (Lipinski definition) is 4. The van der Waals surface area contributed by atoms with Crippen LogP contribution >= 0.6 is 0 Å². The maximum atomic E-state index is 14.1. The van der Waals surface area contributed by atoms with Crippen LogP contribution in [0.4, 0.5) is 14.6 Å². The molecule has 0 spiro atoms. The monoisotopic (exact) mass is 360 g/mol. The molecule has 1 aromatic carbocycles. The van der Waals surface area contributed by atoms with E-state index in [1.165, 1.54) is 12.1 Å². The van der Waals surface area contributed by atoms with Gasteiger partial charge in [-0.25, -0.2) is 18.8 Å². The van der Waals surface area contributed by atoms with E-state index in [1.54, 1.807) is 19.1 Å². The summed E-state index contributed by atoms with van der Waals surface area (Å²) in [4.78, 5) is 14.6. The molecule has 1 aromatic heterocycles. The van der Waals surface area contributed by atoms with Crippen LogP contribution in [0.2, 0.25) is 0 Å². The van der Waals surface area contributed by atoms with Crippen molar-refractivity contribution >= 4 is 11.7 Å². The first kappa shape index (κ1) is 18.2. The van der Waals surface area contributed by atoms with Gasteiger partial charge in [-0.05, 0) is 44.4 Å². The van der Waals surface area contributed by atoms with Crippen molar-refractivity contribution in [1.29, 1.82) is 0 Å². The normalized spacial score (nSPS) is 17.4. The Balaban J connectivity index is 1.80. The van der Waals surface area contributed by atoms with Crippen LogP contribution in [0.25, 0.3) is 0 Å².